The third kappa shape index (κ3) is 8.78. The molecule has 1 aliphatic heterocycles. The number of hydrogen-bond donors (Lipinski definition) is 3. The van der Waals surface area contributed by atoms with Gasteiger partial charge in [0.1, 0.15) is 18.6 Å². The summed E-state index contributed by atoms with van der Waals surface area (Å²) in [6, 6.07) is 7.57. The van der Waals surface area contributed by atoms with E-state index in [0.29, 0.717) is 12.8 Å². The predicted octanol–water partition coefficient (Wildman–Crippen LogP) is 1.97. The van der Waals surface area contributed by atoms with Gasteiger partial charge in [-0.3, -0.25) is 14.4 Å². The van der Waals surface area contributed by atoms with Crippen LogP contribution in [0.4, 0.5) is 0 Å². The second-order valence-electron chi connectivity index (χ2n) is 8.69. The molecule has 1 aromatic carbocycles. The van der Waals surface area contributed by atoms with E-state index in [0.717, 1.165) is 31.2 Å². The van der Waals surface area contributed by atoms with Gasteiger partial charge in [-0.05, 0) is 31.7 Å². The smallest absolute Gasteiger partial charge is 0.328 e. The lowest BCUT2D eigenvalue weighted by atomic mass is 9.90. The molecular formula is C25H37N3O6. The van der Waals surface area contributed by atoms with Gasteiger partial charge in [0, 0.05) is 6.54 Å². The van der Waals surface area contributed by atoms with Crippen molar-refractivity contribution in [3.05, 3.63) is 35.9 Å². The topological polar surface area (TPSA) is 137 Å². The van der Waals surface area contributed by atoms with Crippen LogP contribution in [0.2, 0.25) is 0 Å². The number of ether oxygens (including phenoxy) is 2. The second kappa shape index (κ2) is 14.3. The minimum absolute atomic E-state index is 0.0909. The maximum absolute atomic E-state index is 12.6. The van der Waals surface area contributed by atoms with Crippen LogP contribution in [-0.4, -0.2) is 48.5 Å². The summed E-state index contributed by atoms with van der Waals surface area (Å²) in [5.41, 5.74) is 6.45. The van der Waals surface area contributed by atoms with Gasteiger partial charge < -0.3 is 25.8 Å². The number of rotatable bonds is 15. The Balaban J connectivity index is 1.78. The highest BCUT2D eigenvalue weighted by Crippen LogP contribution is 2.28. The minimum atomic E-state index is -0.882. The molecular weight excluding hydrogens is 438 g/mol. The first-order valence-electron chi connectivity index (χ1n) is 12.1. The van der Waals surface area contributed by atoms with Crippen LogP contribution in [0.3, 0.4) is 0 Å². The number of carbonyl (C=O) groups excluding carboxylic acids is 4. The van der Waals surface area contributed by atoms with Crippen molar-refractivity contribution in [2.75, 3.05) is 6.54 Å². The van der Waals surface area contributed by atoms with Crippen molar-refractivity contribution in [1.82, 2.24) is 10.6 Å². The molecule has 1 unspecified atom stereocenters. The number of hydrogen-bond acceptors (Lipinski definition) is 7. The molecule has 9 nitrogen and oxygen atoms in total. The fourth-order valence-electron chi connectivity index (χ4n) is 3.64. The number of nitrogens with one attached hydrogen (secondary N) is 2. The van der Waals surface area contributed by atoms with Crippen molar-refractivity contribution in [2.24, 2.45) is 11.7 Å². The Labute approximate surface area is 201 Å². The van der Waals surface area contributed by atoms with Gasteiger partial charge in [-0.1, -0.05) is 62.9 Å². The molecule has 4 atom stereocenters. The lowest BCUT2D eigenvalue weighted by Crippen LogP contribution is -2.54. The highest BCUT2D eigenvalue weighted by Gasteiger charge is 2.46. The van der Waals surface area contributed by atoms with E-state index >= 15 is 0 Å². The van der Waals surface area contributed by atoms with Gasteiger partial charge in [0.25, 0.3) is 5.91 Å². The van der Waals surface area contributed by atoms with E-state index in [2.05, 4.69) is 17.6 Å². The SMILES string of the molecule is CCCCCCC1C(=O)O[C@@H]1C(=O)NCCC[C@H](NC(=O)[C@H](C)N)C(=O)OCc1ccccc1. The summed E-state index contributed by atoms with van der Waals surface area (Å²) in [5.74, 6) is -2.07. The summed E-state index contributed by atoms with van der Waals surface area (Å²) >= 11 is 0. The van der Waals surface area contributed by atoms with Crippen molar-refractivity contribution < 1.29 is 28.7 Å². The molecule has 0 saturated carbocycles. The van der Waals surface area contributed by atoms with Gasteiger partial charge in [0.2, 0.25) is 5.91 Å². The van der Waals surface area contributed by atoms with Gasteiger partial charge in [0.05, 0.1) is 6.04 Å². The molecule has 4 N–H and O–H groups in total. The first-order chi connectivity index (χ1) is 16.3. The fourth-order valence-corrected chi connectivity index (χ4v) is 3.64. The first kappa shape index (κ1) is 27.3. The summed E-state index contributed by atoms with van der Waals surface area (Å²) in [4.78, 5) is 48.7. The van der Waals surface area contributed by atoms with Crippen molar-refractivity contribution in [3.63, 3.8) is 0 Å². The van der Waals surface area contributed by atoms with Crippen LogP contribution in [0.1, 0.15) is 64.4 Å². The minimum Gasteiger partial charge on any atom is -0.459 e. The molecule has 0 bridgehead atoms. The molecule has 0 aliphatic carbocycles. The molecule has 1 aromatic rings. The average Bonchev–Trinajstić information content (AvgIpc) is 2.82. The molecule has 34 heavy (non-hydrogen) atoms. The summed E-state index contributed by atoms with van der Waals surface area (Å²) < 4.78 is 10.4. The predicted molar refractivity (Wildman–Crippen MR) is 126 cm³/mol. The number of benzene rings is 1. The van der Waals surface area contributed by atoms with Gasteiger partial charge in [-0.15, -0.1) is 0 Å². The van der Waals surface area contributed by atoms with Crippen LogP contribution < -0.4 is 16.4 Å². The normalized spacial score (nSPS) is 18.7. The Morgan fingerprint density at radius 1 is 1.12 bits per heavy atom. The number of cyclic esters (lactones) is 1. The third-order valence-electron chi connectivity index (χ3n) is 5.75. The lowest BCUT2D eigenvalue weighted by Gasteiger charge is -2.34. The first-order valence-corrected chi connectivity index (χ1v) is 12.1. The molecule has 1 heterocycles. The molecule has 0 radical (unpaired) electrons. The zero-order valence-corrected chi connectivity index (χ0v) is 20.1. The van der Waals surface area contributed by atoms with Crippen molar-refractivity contribution >= 4 is 23.8 Å². The van der Waals surface area contributed by atoms with Crippen LogP contribution >= 0.6 is 0 Å². The lowest BCUT2D eigenvalue weighted by molar-refractivity contribution is -0.189. The standard InChI is InChI=1S/C25H37N3O6/c1-3-4-5-9-13-19-21(34-24(19)31)23(30)27-15-10-14-20(28-22(29)17(2)26)25(32)33-16-18-11-7-6-8-12-18/h6-8,11-12,17,19-21H,3-5,9-10,13-16,26H2,1-2H3,(H,27,30)(H,28,29)/t17-,19?,20-,21-/m0/s1. The largest absolute Gasteiger partial charge is 0.459 e. The number of unbranched alkanes of at least 4 members (excludes halogenated alkanes) is 3. The molecule has 1 aliphatic rings. The highest BCUT2D eigenvalue weighted by atomic mass is 16.6. The van der Waals surface area contributed by atoms with E-state index in [1.165, 1.54) is 6.92 Å². The molecule has 188 valence electrons. The highest BCUT2D eigenvalue weighted by molar-refractivity contribution is 5.94. The van der Waals surface area contributed by atoms with E-state index in [1.807, 2.05) is 30.3 Å². The van der Waals surface area contributed by atoms with Gasteiger partial charge in [0.15, 0.2) is 6.10 Å². The number of amides is 2. The van der Waals surface area contributed by atoms with Crippen LogP contribution in [0.5, 0.6) is 0 Å². The number of esters is 2. The number of nitrogens with two attached hydrogens (primary N) is 1. The molecule has 9 heteroatoms. The van der Waals surface area contributed by atoms with Crippen LogP contribution in [-0.2, 0) is 35.3 Å². The zero-order valence-electron chi connectivity index (χ0n) is 20.1. The Morgan fingerprint density at radius 3 is 2.50 bits per heavy atom. The number of carbonyl (C=O) groups is 4. The summed E-state index contributed by atoms with van der Waals surface area (Å²) in [7, 11) is 0. The van der Waals surface area contributed by atoms with Crippen LogP contribution in [0.25, 0.3) is 0 Å². The average molecular weight is 476 g/mol. The van der Waals surface area contributed by atoms with E-state index in [-0.39, 0.29) is 37.4 Å². The van der Waals surface area contributed by atoms with Gasteiger partial charge in [-0.2, -0.15) is 0 Å². The van der Waals surface area contributed by atoms with Crippen molar-refractivity contribution in [3.8, 4) is 0 Å². The van der Waals surface area contributed by atoms with Gasteiger partial charge in [-0.25, -0.2) is 4.79 Å². The Hall–Kier alpha value is -2.94. The van der Waals surface area contributed by atoms with E-state index in [1.54, 1.807) is 0 Å². The van der Waals surface area contributed by atoms with Crippen LogP contribution in [0, 0.1) is 5.92 Å². The molecule has 0 spiro atoms. The van der Waals surface area contributed by atoms with Crippen molar-refractivity contribution in [2.45, 2.75) is 83.6 Å². The molecule has 1 saturated heterocycles. The third-order valence-corrected chi connectivity index (χ3v) is 5.75. The summed E-state index contributed by atoms with van der Waals surface area (Å²) in [6.45, 7) is 4.00. The van der Waals surface area contributed by atoms with E-state index < -0.39 is 30.1 Å². The van der Waals surface area contributed by atoms with Crippen molar-refractivity contribution in [1.29, 1.82) is 0 Å². The van der Waals surface area contributed by atoms with E-state index in [9.17, 15) is 19.2 Å². The van der Waals surface area contributed by atoms with E-state index in [4.69, 9.17) is 15.2 Å². The maximum atomic E-state index is 12.6. The molecule has 2 amide bonds. The molecule has 1 fully saturated rings. The monoisotopic (exact) mass is 475 g/mol. The van der Waals surface area contributed by atoms with Crippen LogP contribution in [0.15, 0.2) is 30.3 Å². The maximum Gasteiger partial charge on any atom is 0.328 e. The summed E-state index contributed by atoms with van der Waals surface area (Å²) in [6.07, 6.45) is 4.70. The molecule has 2 rings (SSSR count). The second-order valence-corrected chi connectivity index (χ2v) is 8.69. The summed E-state index contributed by atoms with van der Waals surface area (Å²) in [5, 5.41) is 5.37. The zero-order chi connectivity index (χ0) is 24.9. The Kier molecular flexibility index (Phi) is 11.5. The molecule has 0 aromatic heterocycles. The Bertz CT molecular complexity index is 814. The van der Waals surface area contributed by atoms with Gasteiger partial charge >= 0.3 is 11.9 Å². The fraction of sp³-hybridized carbons (Fsp3) is 0.600. The quantitative estimate of drug-likeness (QED) is 0.260. The Morgan fingerprint density at radius 2 is 1.85 bits per heavy atom.